The van der Waals surface area contributed by atoms with E-state index in [-0.39, 0.29) is 5.92 Å². The maximum absolute atomic E-state index is 6.21. The Morgan fingerprint density at radius 2 is 1.03 bits per heavy atom. The van der Waals surface area contributed by atoms with E-state index in [1.54, 1.807) is 0 Å². The number of nitrogens with one attached hydrogen (secondary N) is 2. The van der Waals surface area contributed by atoms with Crippen molar-refractivity contribution in [3.63, 3.8) is 0 Å². The lowest BCUT2D eigenvalue weighted by Crippen LogP contribution is -2.06. The first-order valence-corrected chi connectivity index (χ1v) is 11.1. The van der Waals surface area contributed by atoms with Crippen molar-refractivity contribution in [1.29, 1.82) is 0 Å². The lowest BCUT2D eigenvalue weighted by molar-refractivity contribution is 0.289. The summed E-state index contributed by atoms with van der Waals surface area (Å²) >= 11 is 0. The molecule has 0 aliphatic carbocycles. The molecule has 0 unspecified atom stereocenters. The number of benzene rings is 3. The second-order valence-corrected chi connectivity index (χ2v) is 7.97. The molecule has 0 spiro atoms. The van der Waals surface area contributed by atoms with E-state index in [1.165, 1.54) is 0 Å². The molecule has 0 saturated heterocycles. The number of hydrogen-bond donors (Lipinski definition) is 2. The van der Waals surface area contributed by atoms with Crippen LogP contribution in [0.5, 0.6) is 11.5 Å². The van der Waals surface area contributed by atoms with Crippen molar-refractivity contribution in [1.82, 2.24) is 9.97 Å². The van der Waals surface area contributed by atoms with Gasteiger partial charge in [0.2, 0.25) is 0 Å². The van der Waals surface area contributed by atoms with Crippen molar-refractivity contribution in [2.75, 3.05) is 0 Å². The van der Waals surface area contributed by atoms with Gasteiger partial charge in [0.25, 0.3) is 0 Å². The van der Waals surface area contributed by atoms with Gasteiger partial charge in [-0.1, -0.05) is 60.7 Å². The van der Waals surface area contributed by atoms with Gasteiger partial charge in [-0.05, 0) is 53.1 Å². The number of H-pyrrole nitrogens is 2. The van der Waals surface area contributed by atoms with Gasteiger partial charge in [0, 0.05) is 29.8 Å². The van der Waals surface area contributed by atoms with E-state index in [9.17, 15) is 0 Å². The third-order valence-corrected chi connectivity index (χ3v) is 5.60. The van der Waals surface area contributed by atoms with E-state index in [4.69, 9.17) is 9.47 Å². The van der Waals surface area contributed by atoms with Gasteiger partial charge < -0.3 is 19.4 Å². The molecule has 0 aliphatic rings. The predicted molar refractivity (Wildman–Crippen MR) is 131 cm³/mol. The largest absolute Gasteiger partial charge is 0.489 e. The van der Waals surface area contributed by atoms with Crippen LogP contribution in [0.3, 0.4) is 0 Å². The van der Waals surface area contributed by atoms with Crippen LogP contribution < -0.4 is 9.47 Å². The van der Waals surface area contributed by atoms with Crippen molar-refractivity contribution >= 4 is 0 Å². The summed E-state index contributed by atoms with van der Waals surface area (Å²) in [6.45, 7) is 0.996. The summed E-state index contributed by atoms with van der Waals surface area (Å²) in [4.78, 5) is 6.75. The van der Waals surface area contributed by atoms with Gasteiger partial charge in [0.15, 0.2) is 0 Å². The molecule has 2 aromatic heterocycles. The molecule has 2 N–H and O–H groups in total. The van der Waals surface area contributed by atoms with Gasteiger partial charge in [-0.2, -0.15) is 0 Å². The summed E-state index contributed by atoms with van der Waals surface area (Å²) in [5.41, 5.74) is 5.55. The topological polar surface area (TPSA) is 50.0 Å². The molecule has 3 aromatic carbocycles. The third kappa shape index (κ3) is 5.18. The van der Waals surface area contributed by atoms with Crippen LogP contribution in [0.2, 0.25) is 0 Å². The highest BCUT2D eigenvalue weighted by atomic mass is 16.5. The average molecular weight is 435 g/mol. The zero-order chi connectivity index (χ0) is 22.3. The van der Waals surface area contributed by atoms with E-state index in [2.05, 4.69) is 58.5 Å². The lowest BCUT2D eigenvalue weighted by atomic mass is 9.92. The summed E-state index contributed by atoms with van der Waals surface area (Å²) in [6, 6.07) is 34.8. The van der Waals surface area contributed by atoms with E-state index >= 15 is 0 Å². The van der Waals surface area contributed by atoms with Gasteiger partial charge in [-0.3, -0.25) is 0 Å². The van der Waals surface area contributed by atoms with Gasteiger partial charge >= 0.3 is 0 Å². The van der Waals surface area contributed by atoms with Crippen LogP contribution in [0, 0.1) is 0 Å². The van der Waals surface area contributed by atoms with Crippen LogP contribution in [0.25, 0.3) is 0 Å². The summed E-state index contributed by atoms with van der Waals surface area (Å²) in [5.74, 6) is 1.57. The molecule has 5 aromatic rings. The summed E-state index contributed by atoms with van der Waals surface area (Å²) in [6.07, 6.45) is 3.90. The van der Waals surface area contributed by atoms with Gasteiger partial charge in [0.05, 0.1) is 5.92 Å². The minimum Gasteiger partial charge on any atom is -0.489 e. The van der Waals surface area contributed by atoms with Crippen LogP contribution in [0.1, 0.15) is 34.0 Å². The smallest absolute Gasteiger partial charge is 0.123 e. The SMILES string of the molecule is c1ccc(COc2cc(OCc3ccccc3)cc(C(c3ccc[nH]3)c3ccc[nH]3)c2)cc1. The molecule has 0 atom stereocenters. The highest BCUT2D eigenvalue weighted by Crippen LogP contribution is 2.35. The second kappa shape index (κ2) is 9.96. The summed E-state index contributed by atoms with van der Waals surface area (Å²) in [5, 5.41) is 0. The Balaban J connectivity index is 1.48. The Kier molecular flexibility index (Phi) is 6.25. The number of hydrogen-bond acceptors (Lipinski definition) is 2. The maximum Gasteiger partial charge on any atom is 0.123 e. The quantitative estimate of drug-likeness (QED) is 0.272. The van der Waals surface area contributed by atoms with Gasteiger partial charge in [-0.15, -0.1) is 0 Å². The Morgan fingerprint density at radius 3 is 1.45 bits per heavy atom. The first-order valence-electron chi connectivity index (χ1n) is 11.1. The molecular formula is C29H26N2O2. The molecule has 2 heterocycles. The molecule has 0 fully saturated rings. The standard InChI is InChI=1S/C29H26N2O2/c1-3-9-22(10-4-1)20-32-25-17-24(18-26(19-25)33-21-23-11-5-2-6-12-23)29(27-13-7-15-30-27)28-14-8-16-31-28/h1-19,29-31H,20-21H2. The third-order valence-electron chi connectivity index (χ3n) is 5.60. The fourth-order valence-electron chi connectivity index (χ4n) is 3.98. The predicted octanol–water partition coefficient (Wildman–Crippen LogP) is 6.68. The van der Waals surface area contributed by atoms with Crippen LogP contribution in [-0.4, -0.2) is 9.97 Å². The van der Waals surface area contributed by atoms with Crippen molar-refractivity contribution in [2.24, 2.45) is 0 Å². The van der Waals surface area contributed by atoms with Crippen molar-refractivity contribution in [3.05, 3.63) is 144 Å². The lowest BCUT2D eigenvalue weighted by Gasteiger charge is -2.19. The van der Waals surface area contributed by atoms with Crippen molar-refractivity contribution in [3.8, 4) is 11.5 Å². The van der Waals surface area contributed by atoms with Crippen molar-refractivity contribution < 1.29 is 9.47 Å². The fraction of sp³-hybridized carbons (Fsp3) is 0.103. The molecule has 0 saturated carbocycles. The maximum atomic E-state index is 6.21. The van der Waals surface area contributed by atoms with E-state index in [0.717, 1.165) is 39.6 Å². The Morgan fingerprint density at radius 1 is 0.545 bits per heavy atom. The highest BCUT2D eigenvalue weighted by molar-refractivity contribution is 5.46. The molecule has 4 heteroatoms. The normalized spacial score (nSPS) is 10.9. The van der Waals surface area contributed by atoms with Crippen LogP contribution >= 0.6 is 0 Å². The number of aromatic nitrogens is 2. The molecule has 5 rings (SSSR count). The first kappa shape index (κ1) is 20.7. The molecule has 0 aliphatic heterocycles. The number of aromatic amines is 2. The molecule has 0 radical (unpaired) electrons. The van der Waals surface area contributed by atoms with E-state index < -0.39 is 0 Å². The van der Waals surface area contributed by atoms with Crippen LogP contribution in [0.15, 0.2) is 116 Å². The Bertz CT molecular complexity index is 1150. The summed E-state index contributed by atoms with van der Waals surface area (Å²) < 4.78 is 12.4. The van der Waals surface area contributed by atoms with Gasteiger partial charge in [0.1, 0.15) is 24.7 Å². The van der Waals surface area contributed by atoms with E-state index in [1.807, 2.05) is 67.0 Å². The van der Waals surface area contributed by atoms with Crippen molar-refractivity contribution in [2.45, 2.75) is 19.1 Å². The molecular weight excluding hydrogens is 408 g/mol. The van der Waals surface area contributed by atoms with Crippen LogP contribution in [-0.2, 0) is 13.2 Å². The molecule has 0 bridgehead atoms. The zero-order valence-electron chi connectivity index (χ0n) is 18.3. The minimum absolute atomic E-state index is 0.00866. The molecule has 0 amide bonds. The number of ether oxygens (including phenoxy) is 2. The van der Waals surface area contributed by atoms with Crippen LogP contribution in [0.4, 0.5) is 0 Å². The molecule has 164 valence electrons. The second-order valence-electron chi connectivity index (χ2n) is 7.97. The minimum atomic E-state index is 0.00866. The summed E-state index contributed by atoms with van der Waals surface area (Å²) in [7, 11) is 0. The monoisotopic (exact) mass is 434 g/mol. The fourth-order valence-corrected chi connectivity index (χ4v) is 3.98. The van der Waals surface area contributed by atoms with E-state index in [0.29, 0.717) is 13.2 Å². The molecule has 4 nitrogen and oxygen atoms in total. The van der Waals surface area contributed by atoms with Gasteiger partial charge in [-0.25, -0.2) is 0 Å². The number of rotatable bonds is 9. The molecule has 33 heavy (non-hydrogen) atoms. The average Bonchev–Trinajstić information content (AvgIpc) is 3.59. The Labute approximate surface area is 193 Å². The first-order chi connectivity index (χ1) is 16.3. The Hall–Kier alpha value is -4.18. The highest BCUT2D eigenvalue weighted by Gasteiger charge is 2.20. The zero-order valence-corrected chi connectivity index (χ0v) is 18.3.